The molecule has 1 aliphatic rings. The van der Waals surface area contributed by atoms with Gasteiger partial charge in [0.2, 0.25) is 0 Å². The first kappa shape index (κ1) is 11.9. The van der Waals surface area contributed by atoms with Crippen LogP contribution in [-0.4, -0.2) is 30.7 Å². The second-order valence-corrected chi connectivity index (χ2v) is 5.78. The van der Waals surface area contributed by atoms with Crippen molar-refractivity contribution in [2.24, 2.45) is 0 Å². The quantitative estimate of drug-likeness (QED) is 0.921. The first-order chi connectivity index (χ1) is 8.86. The maximum Gasteiger partial charge on any atom is 0.0813 e. The summed E-state index contributed by atoms with van der Waals surface area (Å²) in [5.41, 5.74) is 4.38. The van der Waals surface area contributed by atoms with Crippen LogP contribution >= 0.6 is 11.3 Å². The summed E-state index contributed by atoms with van der Waals surface area (Å²) in [6.45, 7) is 5.57. The van der Waals surface area contributed by atoms with Crippen LogP contribution in [-0.2, 0) is 0 Å². The number of hydrogen-bond acceptors (Lipinski definition) is 4. The average Bonchev–Trinajstić information content (AvgIpc) is 2.86. The standard InChI is InChI=1S/C14H19N3S/c1-2-3-11-9-17(7-6-15-11)12-4-5-13-14(8-12)18-10-16-13/h4-5,8,10-11,15H,2-3,6-7,9H2,1H3. The minimum Gasteiger partial charge on any atom is -0.369 e. The third-order valence-electron chi connectivity index (χ3n) is 3.57. The molecule has 1 N–H and O–H groups in total. The molecule has 2 heterocycles. The van der Waals surface area contributed by atoms with Gasteiger partial charge in [0.1, 0.15) is 0 Å². The molecule has 3 nitrogen and oxygen atoms in total. The second-order valence-electron chi connectivity index (χ2n) is 4.89. The maximum atomic E-state index is 4.34. The first-order valence-electron chi connectivity index (χ1n) is 6.68. The van der Waals surface area contributed by atoms with Gasteiger partial charge in [0, 0.05) is 31.4 Å². The molecule has 1 aromatic carbocycles. The van der Waals surface area contributed by atoms with Crippen molar-refractivity contribution in [3.05, 3.63) is 23.7 Å². The zero-order valence-corrected chi connectivity index (χ0v) is 11.5. The van der Waals surface area contributed by atoms with Gasteiger partial charge in [-0.3, -0.25) is 0 Å². The smallest absolute Gasteiger partial charge is 0.0813 e. The third-order valence-corrected chi connectivity index (χ3v) is 4.36. The van der Waals surface area contributed by atoms with Crippen molar-refractivity contribution in [3.63, 3.8) is 0 Å². The number of piperazine rings is 1. The summed E-state index contributed by atoms with van der Waals surface area (Å²) >= 11 is 1.72. The molecule has 0 aliphatic carbocycles. The van der Waals surface area contributed by atoms with Crippen molar-refractivity contribution in [1.29, 1.82) is 0 Å². The fraction of sp³-hybridized carbons (Fsp3) is 0.500. The number of hydrogen-bond donors (Lipinski definition) is 1. The van der Waals surface area contributed by atoms with Gasteiger partial charge in [0.05, 0.1) is 15.7 Å². The first-order valence-corrected chi connectivity index (χ1v) is 7.56. The summed E-state index contributed by atoms with van der Waals surface area (Å²) in [4.78, 5) is 6.83. The highest BCUT2D eigenvalue weighted by atomic mass is 32.1. The molecule has 1 fully saturated rings. The van der Waals surface area contributed by atoms with E-state index in [0.29, 0.717) is 6.04 Å². The van der Waals surface area contributed by atoms with Crippen LogP contribution in [0.3, 0.4) is 0 Å². The lowest BCUT2D eigenvalue weighted by Crippen LogP contribution is -2.50. The molecule has 0 amide bonds. The van der Waals surface area contributed by atoms with E-state index >= 15 is 0 Å². The third kappa shape index (κ3) is 2.35. The molecule has 1 aromatic heterocycles. The molecule has 96 valence electrons. The van der Waals surface area contributed by atoms with Crippen molar-refractivity contribution in [3.8, 4) is 0 Å². The average molecular weight is 261 g/mol. The topological polar surface area (TPSA) is 28.2 Å². The monoisotopic (exact) mass is 261 g/mol. The minimum atomic E-state index is 0.640. The highest BCUT2D eigenvalue weighted by molar-refractivity contribution is 7.16. The lowest BCUT2D eigenvalue weighted by Gasteiger charge is -2.35. The largest absolute Gasteiger partial charge is 0.369 e. The van der Waals surface area contributed by atoms with E-state index in [9.17, 15) is 0 Å². The molecule has 0 spiro atoms. The number of rotatable bonds is 3. The van der Waals surface area contributed by atoms with E-state index < -0.39 is 0 Å². The van der Waals surface area contributed by atoms with Crippen molar-refractivity contribution < 1.29 is 0 Å². The Morgan fingerprint density at radius 1 is 1.50 bits per heavy atom. The Balaban J connectivity index is 1.80. The summed E-state index contributed by atoms with van der Waals surface area (Å²) in [5, 5.41) is 3.60. The Bertz CT molecular complexity index is 520. The SMILES string of the molecule is CCCC1CN(c2ccc3ncsc3c2)CCN1. The van der Waals surface area contributed by atoms with Gasteiger partial charge < -0.3 is 10.2 Å². The number of aromatic nitrogens is 1. The number of nitrogens with zero attached hydrogens (tertiary/aromatic N) is 2. The van der Waals surface area contributed by atoms with Crippen molar-refractivity contribution >= 4 is 27.2 Å². The molecule has 0 radical (unpaired) electrons. The van der Waals surface area contributed by atoms with Gasteiger partial charge in [-0.1, -0.05) is 13.3 Å². The Morgan fingerprint density at radius 3 is 3.33 bits per heavy atom. The van der Waals surface area contributed by atoms with E-state index in [1.54, 1.807) is 11.3 Å². The van der Waals surface area contributed by atoms with E-state index in [1.807, 2.05) is 5.51 Å². The lowest BCUT2D eigenvalue weighted by atomic mass is 10.1. The van der Waals surface area contributed by atoms with E-state index in [4.69, 9.17) is 0 Å². The van der Waals surface area contributed by atoms with E-state index in [-0.39, 0.29) is 0 Å². The Kier molecular flexibility index (Phi) is 3.48. The summed E-state index contributed by atoms with van der Waals surface area (Å²) < 4.78 is 1.29. The number of thiazole rings is 1. The fourth-order valence-corrected chi connectivity index (χ4v) is 3.35. The van der Waals surface area contributed by atoms with E-state index in [1.165, 1.54) is 23.2 Å². The zero-order valence-electron chi connectivity index (χ0n) is 10.7. The van der Waals surface area contributed by atoms with Gasteiger partial charge in [-0.2, -0.15) is 0 Å². The maximum absolute atomic E-state index is 4.34. The number of nitrogens with one attached hydrogen (secondary N) is 1. The fourth-order valence-electron chi connectivity index (χ4n) is 2.64. The number of anilines is 1. The lowest BCUT2D eigenvalue weighted by molar-refractivity contribution is 0.431. The Morgan fingerprint density at radius 2 is 2.44 bits per heavy atom. The van der Waals surface area contributed by atoms with Gasteiger partial charge in [-0.25, -0.2) is 4.98 Å². The zero-order chi connectivity index (χ0) is 12.4. The summed E-state index contributed by atoms with van der Waals surface area (Å²) in [7, 11) is 0. The van der Waals surface area contributed by atoms with Gasteiger partial charge >= 0.3 is 0 Å². The Labute approximate surface area is 112 Å². The highest BCUT2D eigenvalue weighted by Crippen LogP contribution is 2.25. The van der Waals surface area contributed by atoms with Crippen LogP contribution in [0.4, 0.5) is 5.69 Å². The molecule has 18 heavy (non-hydrogen) atoms. The number of benzene rings is 1. The van der Waals surface area contributed by atoms with Crippen LogP contribution in [0, 0.1) is 0 Å². The molecule has 2 aromatic rings. The van der Waals surface area contributed by atoms with Crippen LogP contribution in [0.1, 0.15) is 19.8 Å². The molecule has 1 atom stereocenters. The summed E-state index contributed by atoms with van der Waals surface area (Å²) in [6.07, 6.45) is 2.51. The van der Waals surface area contributed by atoms with Gasteiger partial charge in [0.25, 0.3) is 0 Å². The van der Waals surface area contributed by atoms with Crippen molar-refractivity contribution in [2.45, 2.75) is 25.8 Å². The van der Waals surface area contributed by atoms with Gasteiger partial charge in [0.15, 0.2) is 0 Å². The van der Waals surface area contributed by atoms with Crippen LogP contribution in [0.5, 0.6) is 0 Å². The van der Waals surface area contributed by atoms with Crippen LogP contribution < -0.4 is 10.2 Å². The van der Waals surface area contributed by atoms with Gasteiger partial charge in [-0.05, 0) is 24.6 Å². The predicted molar refractivity (Wildman–Crippen MR) is 78.5 cm³/mol. The molecule has 0 saturated carbocycles. The molecular formula is C14H19N3S. The molecule has 1 aliphatic heterocycles. The molecule has 1 unspecified atom stereocenters. The minimum absolute atomic E-state index is 0.640. The normalized spacial score (nSPS) is 20.5. The Hall–Kier alpha value is -1.13. The van der Waals surface area contributed by atoms with Crippen molar-refractivity contribution in [1.82, 2.24) is 10.3 Å². The van der Waals surface area contributed by atoms with Crippen LogP contribution in [0.15, 0.2) is 23.7 Å². The second kappa shape index (κ2) is 5.24. The highest BCUT2D eigenvalue weighted by Gasteiger charge is 2.18. The predicted octanol–water partition coefficient (Wildman–Crippen LogP) is 2.87. The molecule has 0 bridgehead atoms. The van der Waals surface area contributed by atoms with E-state index in [2.05, 4.69) is 40.3 Å². The molecule has 1 saturated heterocycles. The number of fused-ring (bicyclic) bond motifs is 1. The van der Waals surface area contributed by atoms with Crippen LogP contribution in [0.25, 0.3) is 10.2 Å². The molecule has 4 heteroatoms. The molecule has 3 rings (SSSR count). The van der Waals surface area contributed by atoms with E-state index in [0.717, 1.165) is 25.2 Å². The van der Waals surface area contributed by atoms with Crippen molar-refractivity contribution in [2.75, 3.05) is 24.5 Å². The van der Waals surface area contributed by atoms with Crippen LogP contribution in [0.2, 0.25) is 0 Å². The van der Waals surface area contributed by atoms with Gasteiger partial charge in [-0.15, -0.1) is 11.3 Å². The summed E-state index contributed by atoms with van der Waals surface area (Å²) in [6, 6.07) is 7.26. The summed E-state index contributed by atoms with van der Waals surface area (Å²) in [5.74, 6) is 0. The molecular weight excluding hydrogens is 242 g/mol.